The fraction of sp³-hybridized carbons (Fsp3) is 0.185. The van der Waals surface area contributed by atoms with Crippen molar-refractivity contribution in [2.45, 2.75) is 21.3 Å². The molecule has 0 aliphatic carbocycles. The quantitative estimate of drug-likeness (QED) is 0.332. The standard InChI is InChI=1S/2C13H13N5.CH4/c2*1-9-15-12(17-10-6-4-3-5-7-10)11-13(16-9)18(2)8-14-11;/h2*3-8H,1-2H3,(H,15,16,17);1H4. The van der Waals surface area contributed by atoms with Crippen LogP contribution in [0.2, 0.25) is 0 Å². The van der Waals surface area contributed by atoms with E-state index in [1.54, 1.807) is 12.7 Å². The number of aromatic nitrogens is 8. The lowest BCUT2D eigenvalue weighted by Gasteiger charge is -2.06. The van der Waals surface area contributed by atoms with Crippen LogP contribution in [0.1, 0.15) is 19.1 Å². The predicted molar refractivity (Wildman–Crippen MR) is 148 cm³/mol. The number of aryl methyl sites for hydroxylation is 4. The molecule has 0 atom stereocenters. The molecule has 0 aliphatic rings. The molecule has 0 fully saturated rings. The van der Waals surface area contributed by atoms with E-state index >= 15 is 0 Å². The van der Waals surface area contributed by atoms with Crippen LogP contribution in [0.4, 0.5) is 23.0 Å². The summed E-state index contributed by atoms with van der Waals surface area (Å²) >= 11 is 0. The molecule has 4 heterocycles. The third kappa shape index (κ3) is 5.53. The van der Waals surface area contributed by atoms with Gasteiger partial charge in [0.15, 0.2) is 34.0 Å². The first-order chi connectivity index (χ1) is 17.5. The maximum absolute atomic E-state index is 4.41. The van der Waals surface area contributed by atoms with Crippen LogP contribution in [-0.2, 0) is 14.1 Å². The average Bonchev–Trinajstić information content (AvgIpc) is 3.43. The molecule has 0 amide bonds. The second-order valence-corrected chi connectivity index (χ2v) is 8.28. The second kappa shape index (κ2) is 10.8. The molecule has 2 N–H and O–H groups in total. The lowest BCUT2D eigenvalue weighted by Crippen LogP contribution is -2.00. The second-order valence-electron chi connectivity index (χ2n) is 8.28. The van der Waals surface area contributed by atoms with Gasteiger partial charge in [0.1, 0.15) is 11.6 Å². The van der Waals surface area contributed by atoms with Crippen molar-refractivity contribution in [2.75, 3.05) is 10.6 Å². The van der Waals surface area contributed by atoms with E-state index in [1.807, 2.05) is 97.7 Å². The molecule has 10 nitrogen and oxygen atoms in total. The molecule has 0 spiro atoms. The topological polar surface area (TPSA) is 111 Å². The first-order valence-electron chi connectivity index (χ1n) is 11.4. The average molecular weight is 495 g/mol. The monoisotopic (exact) mass is 494 g/mol. The number of hydrogen-bond donors (Lipinski definition) is 2. The van der Waals surface area contributed by atoms with Gasteiger partial charge < -0.3 is 19.8 Å². The molecule has 6 rings (SSSR count). The number of nitrogens with one attached hydrogen (secondary N) is 2. The Morgan fingerprint density at radius 1 is 0.568 bits per heavy atom. The fourth-order valence-electron chi connectivity index (χ4n) is 3.72. The van der Waals surface area contributed by atoms with Crippen molar-refractivity contribution >= 4 is 45.3 Å². The van der Waals surface area contributed by atoms with Crippen molar-refractivity contribution < 1.29 is 0 Å². The van der Waals surface area contributed by atoms with Crippen molar-refractivity contribution in [3.63, 3.8) is 0 Å². The van der Waals surface area contributed by atoms with Gasteiger partial charge in [0.2, 0.25) is 0 Å². The minimum Gasteiger partial charge on any atom is -0.338 e. The van der Waals surface area contributed by atoms with Crippen LogP contribution < -0.4 is 10.6 Å². The van der Waals surface area contributed by atoms with E-state index in [0.29, 0.717) is 0 Å². The van der Waals surface area contributed by atoms with Crippen molar-refractivity contribution in [2.24, 2.45) is 14.1 Å². The lowest BCUT2D eigenvalue weighted by molar-refractivity contribution is 0.920. The molecular formula is C27H30N10. The number of rotatable bonds is 4. The molecule has 0 aliphatic heterocycles. The molecule has 0 radical (unpaired) electrons. The highest BCUT2D eigenvalue weighted by Gasteiger charge is 2.11. The van der Waals surface area contributed by atoms with E-state index in [4.69, 9.17) is 0 Å². The smallest absolute Gasteiger partial charge is 0.165 e. The largest absolute Gasteiger partial charge is 0.338 e. The number of nitrogens with zero attached hydrogens (tertiary/aromatic N) is 8. The Kier molecular flexibility index (Phi) is 7.38. The maximum Gasteiger partial charge on any atom is 0.165 e. The van der Waals surface area contributed by atoms with Gasteiger partial charge >= 0.3 is 0 Å². The third-order valence-electron chi connectivity index (χ3n) is 5.42. The summed E-state index contributed by atoms with van der Waals surface area (Å²) in [6.07, 6.45) is 3.49. The summed E-state index contributed by atoms with van der Waals surface area (Å²) in [5.41, 5.74) is 5.21. The van der Waals surface area contributed by atoms with Gasteiger partial charge in [-0.1, -0.05) is 43.8 Å². The third-order valence-corrected chi connectivity index (χ3v) is 5.42. The summed E-state index contributed by atoms with van der Waals surface area (Å²) in [5.74, 6) is 2.93. The highest BCUT2D eigenvalue weighted by molar-refractivity contribution is 5.86. The van der Waals surface area contributed by atoms with E-state index in [0.717, 1.165) is 57.0 Å². The van der Waals surface area contributed by atoms with Gasteiger partial charge in [-0.3, -0.25) is 0 Å². The summed E-state index contributed by atoms with van der Waals surface area (Å²) in [6.45, 7) is 3.76. The van der Waals surface area contributed by atoms with E-state index in [9.17, 15) is 0 Å². The molecule has 2 aromatic carbocycles. The molecule has 4 aromatic heterocycles. The minimum atomic E-state index is 0. The van der Waals surface area contributed by atoms with Crippen molar-refractivity contribution in [3.8, 4) is 0 Å². The van der Waals surface area contributed by atoms with E-state index in [1.165, 1.54) is 0 Å². The van der Waals surface area contributed by atoms with Crippen LogP contribution in [0.25, 0.3) is 22.3 Å². The molecule has 6 aromatic rings. The molecule has 10 heteroatoms. The first-order valence-corrected chi connectivity index (χ1v) is 11.4. The predicted octanol–water partition coefficient (Wildman–Crippen LogP) is 5.47. The van der Waals surface area contributed by atoms with Crippen molar-refractivity contribution in [1.29, 1.82) is 0 Å². The van der Waals surface area contributed by atoms with Gasteiger partial charge in [-0.25, -0.2) is 29.9 Å². The Morgan fingerprint density at radius 2 is 0.946 bits per heavy atom. The maximum atomic E-state index is 4.41. The van der Waals surface area contributed by atoms with Crippen LogP contribution in [-0.4, -0.2) is 39.0 Å². The van der Waals surface area contributed by atoms with Crippen molar-refractivity contribution in [3.05, 3.63) is 85.0 Å². The number of benzene rings is 2. The molecule has 0 saturated heterocycles. The van der Waals surface area contributed by atoms with Crippen LogP contribution in [0, 0.1) is 13.8 Å². The molecule has 37 heavy (non-hydrogen) atoms. The summed E-state index contributed by atoms with van der Waals surface area (Å²) in [4.78, 5) is 26.3. The normalized spacial score (nSPS) is 10.5. The zero-order valence-corrected chi connectivity index (χ0v) is 20.5. The Morgan fingerprint density at radius 3 is 1.32 bits per heavy atom. The number of hydrogen-bond acceptors (Lipinski definition) is 8. The molecule has 0 unspecified atom stereocenters. The zero-order valence-electron chi connectivity index (χ0n) is 20.5. The first kappa shape index (κ1) is 25.2. The fourth-order valence-corrected chi connectivity index (χ4v) is 3.72. The van der Waals surface area contributed by atoms with Gasteiger partial charge in [0, 0.05) is 25.5 Å². The Balaban J connectivity index is 0.000000168. The summed E-state index contributed by atoms with van der Waals surface area (Å²) < 4.78 is 3.78. The van der Waals surface area contributed by atoms with Gasteiger partial charge in [-0.05, 0) is 38.1 Å². The SMILES string of the molecule is C.Cc1nc(Nc2ccccc2)c2ncn(C)c2n1.Cc1nc(Nc2ccccc2)c2ncn(C)c2n1. The minimum absolute atomic E-state index is 0. The lowest BCUT2D eigenvalue weighted by atomic mass is 10.3. The zero-order chi connectivity index (χ0) is 25.1. The number of imidazole rings is 2. The highest BCUT2D eigenvalue weighted by Crippen LogP contribution is 2.23. The van der Waals surface area contributed by atoms with E-state index < -0.39 is 0 Å². The van der Waals surface area contributed by atoms with Gasteiger partial charge in [-0.2, -0.15) is 0 Å². The van der Waals surface area contributed by atoms with E-state index in [2.05, 4.69) is 40.5 Å². The Labute approximate surface area is 215 Å². The van der Waals surface area contributed by atoms with Crippen molar-refractivity contribution in [1.82, 2.24) is 39.0 Å². The molecule has 188 valence electrons. The van der Waals surface area contributed by atoms with Crippen LogP contribution in [0.3, 0.4) is 0 Å². The molecule has 0 saturated carbocycles. The van der Waals surface area contributed by atoms with Gasteiger partial charge in [0.05, 0.1) is 12.7 Å². The Hall–Kier alpha value is -4.86. The number of fused-ring (bicyclic) bond motifs is 2. The summed E-state index contributed by atoms with van der Waals surface area (Å²) in [7, 11) is 3.85. The van der Waals surface area contributed by atoms with Crippen LogP contribution in [0.15, 0.2) is 73.3 Å². The van der Waals surface area contributed by atoms with Gasteiger partial charge in [-0.15, -0.1) is 0 Å². The molecule has 0 bridgehead atoms. The van der Waals surface area contributed by atoms with E-state index in [-0.39, 0.29) is 7.43 Å². The Bertz CT molecular complexity index is 1500. The van der Waals surface area contributed by atoms with Crippen LogP contribution in [0.5, 0.6) is 0 Å². The summed E-state index contributed by atoms with van der Waals surface area (Å²) in [5, 5.41) is 6.55. The van der Waals surface area contributed by atoms with Gasteiger partial charge in [0.25, 0.3) is 0 Å². The number of para-hydroxylation sites is 2. The number of anilines is 4. The highest BCUT2D eigenvalue weighted by atomic mass is 15.2. The summed E-state index contributed by atoms with van der Waals surface area (Å²) in [6, 6.07) is 19.8. The molecular weight excluding hydrogens is 464 g/mol. The van der Waals surface area contributed by atoms with Crippen LogP contribution >= 0.6 is 0 Å².